The van der Waals surface area contributed by atoms with E-state index in [1.807, 2.05) is 30.3 Å². The van der Waals surface area contributed by atoms with Crippen molar-refractivity contribution in [2.24, 2.45) is 0 Å². The van der Waals surface area contributed by atoms with E-state index in [2.05, 4.69) is 30.8 Å². The van der Waals surface area contributed by atoms with Gasteiger partial charge in [0.15, 0.2) is 0 Å². The van der Waals surface area contributed by atoms with Crippen LogP contribution in [0.25, 0.3) is 0 Å². The Kier molecular flexibility index (Phi) is 3.65. The van der Waals surface area contributed by atoms with Crippen LogP contribution in [0.1, 0.15) is 5.56 Å². The number of hydrogen-bond acceptors (Lipinski definition) is 1. The van der Waals surface area contributed by atoms with Crippen LogP contribution in [0.15, 0.2) is 30.3 Å². The van der Waals surface area contributed by atoms with Crippen LogP contribution in [0, 0.1) is 11.2 Å². The van der Waals surface area contributed by atoms with Crippen molar-refractivity contribution in [2.75, 3.05) is 0 Å². The van der Waals surface area contributed by atoms with Crippen molar-refractivity contribution in [3.8, 4) is 11.2 Å². The maximum absolute atomic E-state index is 3.17. The Morgan fingerprint density at radius 1 is 1.08 bits per heavy atom. The lowest BCUT2D eigenvalue weighted by Crippen LogP contribution is -2.11. The van der Waals surface area contributed by atoms with Crippen LogP contribution in [0.3, 0.4) is 0 Å². The maximum Gasteiger partial charge on any atom is 0.124 e. The molecule has 0 radical (unpaired) electrons. The van der Waals surface area contributed by atoms with Gasteiger partial charge in [-0.2, -0.15) is 0 Å². The average Bonchev–Trinajstić information content (AvgIpc) is 2.04. The SMILES string of the molecule is C[Si](C)(C)SC#Cc1ccccc1. The highest BCUT2D eigenvalue weighted by Crippen LogP contribution is 2.17. The highest BCUT2D eigenvalue weighted by Gasteiger charge is 2.11. The Morgan fingerprint density at radius 2 is 1.69 bits per heavy atom. The lowest BCUT2D eigenvalue weighted by atomic mass is 10.2. The average molecular weight is 206 g/mol. The van der Waals surface area contributed by atoms with Gasteiger partial charge in [0.25, 0.3) is 0 Å². The van der Waals surface area contributed by atoms with Gasteiger partial charge in [-0.05, 0) is 17.4 Å². The van der Waals surface area contributed by atoms with E-state index in [1.54, 1.807) is 11.2 Å². The zero-order valence-corrected chi connectivity index (χ0v) is 10.1. The molecule has 0 fully saturated rings. The maximum atomic E-state index is 3.17. The van der Waals surface area contributed by atoms with E-state index >= 15 is 0 Å². The topological polar surface area (TPSA) is 0 Å². The molecule has 1 aromatic carbocycles. The van der Waals surface area contributed by atoms with Gasteiger partial charge >= 0.3 is 0 Å². The fourth-order valence-corrected chi connectivity index (χ4v) is 2.31. The molecule has 0 aliphatic carbocycles. The summed E-state index contributed by atoms with van der Waals surface area (Å²) in [6.45, 7) is 6.91. The summed E-state index contributed by atoms with van der Waals surface area (Å²) < 4.78 is 0. The predicted octanol–water partition coefficient (Wildman–Crippen LogP) is 3.56. The molecule has 0 aliphatic rings. The normalized spacial score (nSPS) is 10.4. The first kappa shape index (κ1) is 10.4. The Balaban J connectivity index is 2.59. The molecule has 1 aromatic rings. The number of rotatable bonds is 1. The molecule has 0 amide bonds. The van der Waals surface area contributed by atoms with Crippen LogP contribution in [0.5, 0.6) is 0 Å². The summed E-state index contributed by atoms with van der Waals surface area (Å²) >= 11 is 1.81. The van der Waals surface area contributed by atoms with Gasteiger partial charge in [0.1, 0.15) is 7.22 Å². The second kappa shape index (κ2) is 4.55. The van der Waals surface area contributed by atoms with Crippen LogP contribution < -0.4 is 0 Å². The lowest BCUT2D eigenvalue weighted by Gasteiger charge is -2.07. The molecule has 0 spiro atoms. The first-order chi connectivity index (χ1) is 6.08. The van der Waals surface area contributed by atoms with Crippen molar-refractivity contribution in [3.63, 3.8) is 0 Å². The minimum absolute atomic E-state index is 1.07. The van der Waals surface area contributed by atoms with Gasteiger partial charge < -0.3 is 0 Å². The third-order valence-electron chi connectivity index (χ3n) is 1.33. The monoisotopic (exact) mass is 206 g/mol. The van der Waals surface area contributed by atoms with Crippen LogP contribution in [0.2, 0.25) is 19.6 Å². The summed E-state index contributed by atoms with van der Waals surface area (Å²) in [5, 5.41) is 3.17. The van der Waals surface area contributed by atoms with Gasteiger partial charge in [0, 0.05) is 5.56 Å². The molecule has 0 heterocycles. The molecule has 0 atom stereocenters. The number of benzene rings is 1. The highest BCUT2D eigenvalue weighted by molar-refractivity contribution is 8.32. The van der Waals surface area contributed by atoms with E-state index < -0.39 is 7.22 Å². The predicted molar refractivity (Wildman–Crippen MR) is 64.3 cm³/mol. The summed E-state index contributed by atoms with van der Waals surface area (Å²) in [7, 11) is -1.07. The summed E-state index contributed by atoms with van der Waals surface area (Å²) in [6.07, 6.45) is 0. The van der Waals surface area contributed by atoms with Crippen molar-refractivity contribution in [2.45, 2.75) is 19.6 Å². The molecule has 0 bridgehead atoms. The Labute approximate surface area is 85.4 Å². The fourth-order valence-electron chi connectivity index (χ4n) is 0.759. The Bertz CT molecular complexity index is 313. The second-order valence-electron chi connectivity index (χ2n) is 3.81. The molecule has 1 rings (SSSR count). The molecule has 2 heteroatoms. The van der Waals surface area contributed by atoms with Gasteiger partial charge in [-0.15, -0.1) is 11.2 Å². The van der Waals surface area contributed by atoms with E-state index in [-0.39, 0.29) is 0 Å². The first-order valence-electron chi connectivity index (χ1n) is 4.32. The van der Waals surface area contributed by atoms with Crippen molar-refractivity contribution < 1.29 is 0 Å². The highest BCUT2D eigenvalue weighted by atomic mass is 32.4. The van der Waals surface area contributed by atoms with Crippen LogP contribution >= 0.6 is 11.2 Å². The summed E-state index contributed by atoms with van der Waals surface area (Å²) in [4.78, 5) is 0. The van der Waals surface area contributed by atoms with Crippen molar-refractivity contribution in [1.29, 1.82) is 0 Å². The molecule has 68 valence electrons. The molecular formula is C11H14SSi. The van der Waals surface area contributed by atoms with E-state index in [0.717, 1.165) is 5.56 Å². The lowest BCUT2D eigenvalue weighted by molar-refractivity contribution is 1.65. The standard InChI is InChI=1S/C11H14SSi/c1-13(2,3)12-10-9-11-7-5-4-6-8-11/h4-8H,1-3H3. The minimum Gasteiger partial charge on any atom is -0.103 e. The molecule has 0 N–H and O–H groups in total. The number of hydrogen-bond donors (Lipinski definition) is 0. The zero-order valence-electron chi connectivity index (χ0n) is 8.29. The van der Waals surface area contributed by atoms with Crippen molar-refractivity contribution in [1.82, 2.24) is 0 Å². The van der Waals surface area contributed by atoms with Crippen LogP contribution in [-0.4, -0.2) is 7.22 Å². The zero-order chi connectivity index (χ0) is 9.73. The summed E-state index contributed by atoms with van der Waals surface area (Å²) in [5.74, 6) is 3.15. The fraction of sp³-hybridized carbons (Fsp3) is 0.273. The molecule has 0 nitrogen and oxygen atoms in total. The van der Waals surface area contributed by atoms with Crippen LogP contribution in [-0.2, 0) is 0 Å². The van der Waals surface area contributed by atoms with Crippen molar-refractivity contribution >= 4 is 18.4 Å². The molecule has 13 heavy (non-hydrogen) atoms. The molecule has 0 unspecified atom stereocenters. The van der Waals surface area contributed by atoms with Crippen LogP contribution in [0.4, 0.5) is 0 Å². The van der Waals surface area contributed by atoms with Gasteiger partial charge in [0.05, 0.1) is 0 Å². The molecule has 0 saturated heterocycles. The Morgan fingerprint density at radius 3 is 2.23 bits per heavy atom. The first-order valence-corrected chi connectivity index (χ1v) is 9.36. The van der Waals surface area contributed by atoms with Crippen molar-refractivity contribution in [3.05, 3.63) is 35.9 Å². The molecular weight excluding hydrogens is 192 g/mol. The van der Waals surface area contributed by atoms with E-state index in [4.69, 9.17) is 0 Å². The Hall–Kier alpha value is -0.653. The van der Waals surface area contributed by atoms with Gasteiger partial charge in [-0.25, -0.2) is 0 Å². The smallest absolute Gasteiger partial charge is 0.103 e. The van der Waals surface area contributed by atoms with E-state index in [0.29, 0.717) is 0 Å². The summed E-state index contributed by atoms with van der Waals surface area (Å²) in [5.41, 5.74) is 1.10. The molecule has 0 saturated carbocycles. The minimum atomic E-state index is -1.07. The largest absolute Gasteiger partial charge is 0.124 e. The molecule has 0 aliphatic heterocycles. The van der Waals surface area contributed by atoms with Gasteiger partial charge in [-0.3, -0.25) is 0 Å². The van der Waals surface area contributed by atoms with Gasteiger partial charge in [-0.1, -0.05) is 43.8 Å². The quantitative estimate of drug-likeness (QED) is 0.500. The molecule has 0 aromatic heterocycles. The van der Waals surface area contributed by atoms with E-state index in [1.165, 1.54) is 0 Å². The third kappa shape index (κ3) is 4.82. The third-order valence-corrected chi connectivity index (χ3v) is 4.29. The van der Waals surface area contributed by atoms with E-state index in [9.17, 15) is 0 Å². The second-order valence-corrected chi connectivity index (χ2v) is 12.7. The summed E-state index contributed by atoms with van der Waals surface area (Å²) in [6, 6.07) is 10.1. The van der Waals surface area contributed by atoms with Gasteiger partial charge in [0.2, 0.25) is 0 Å².